The highest BCUT2D eigenvalue weighted by molar-refractivity contribution is 7.89. The molecule has 0 aromatic heterocycles. The largest absolute Gasteiger partial charge is 0.326 e. The summed E-state index contributed by atoms with van der Waals surface area (Å²) in [5.41, 5.74) is 6.07. The third-order valence-corrected chi connectivity index (χ3v) is 5.24. The number of benzene rings is 1. The average molecular weight is 301 g/mol. The van der Waals surface area contributed by atoms with E-state index in [1.54, 1.807) is 0 Å². The maximum atomic E-state index is 13.8. The number of hydrogen-bond acceptors (Lipinski definition) is 4. The summed E-state index contributed by atoms with van der Waals surface area (Å²) in [5, 5.41) is 0. The highest BCUT2D eigenvalue weighted by Crippen LogP contribution is 2.21. The van der Waals surface area contributed by atoms with Crippen LogP contribution in [0, 0.1) is 12.7 Å². The summed E-state index contributed by atoms with van der Waals surface area (Å²) in [5.74, 6) is -0.545. The molecule has 0 amide bonds. The fraction of sp³-hybridized carbons (Fsp3) is 0.538. The number of nitrogens with zero attached hydrogens (tertiary/aromatic N) is 1. The van der Waals surface area contributed by atoms with Gasteiger partial charge in [0.25, 0.3) is 0 Å². The number of hydrogen-bond donors (Lipinski definition) is 2. The maximum Gasteiger partial charge on any atom is 0.241 e. The normalized spacial score (nSPS) is 20.5. The van der Waals surface area contributed by atoms with Crippen molar-refractivity contribution in [1.82, 2.24) is 9.62 Å². The molecule has 0 bridgehead atoms. The van der Waals surface area contributed by atoms with Crippen molar-refractivity contribution in [2.45, 2.75) is 30.8 Å². The van der Waals surface area contributed by atoms with Crippen LogP contribution in [-0.2, 0) is 16.6 Å². The van der Waals surface area contributed by atoms with E-state index in [0.29, 0.717) is 12.1 Å². The zero-order chi connectivity index (χ0) is 14.9. The quantitative estimate of drug-likeness (QED) is 0.853. The van der Waals surface area contributed by atoms with Gasteiger partial charge in [-0.3, -0.25) is 0 Å². The van der Waals surface area contributed by atoms with Crippen LogP contribution in [0.25, 0.3) is 0 Å². The van der Waals surface area contributed by atoms with Crippen LogP contribution in [0.1, 0.15) is 17.5 Å². The van der Waals surface area contributed by atoms with E-state index < -0.39 is 15.8 Å². The van der Waals surface area contributed by atoms with Crippen LogP contribution in [-0.4, -0.2) is 39.5 Å². The lowest BCUT2D eigenvalue weighted by atomic mass is 10.1. The SMILES string of the molecule is Cc1c(F)cc(CN)cc1S(=O)(=O)NC1CCN(C)C1. The van der Waals surface area contributed by atoms with Gasteiger partial charge in [-0.15, -0.1) is 0 Å². The Morgan fingerprint density at radius 3 is 2.75 bits per heavy atom. The highest BCUT2D eigenvalue weighted by Gasteiger charge is 2.27. The first-order valence-corrected chi connectivity index (χ1v) is 8.02. The van der Waals surface area contributed by atoms with Crippen molar-refractivity contribution in [1.29, 1.82) is 0 Å². The van der Waals surface area contributed by atoms with Crippen molar-refractivity contribution >= 4 is 10.0 Å². The highest BCUT2D eigenvalue weighted by atomic mass is 32.2. The molecule has 1 aliphatic heterocycles. The van der Waals surface area contributed by atoms with Crippen LogP contribution >= 0.6 is 0 Å². The summed E-state index contributed by atoms with van der Waals surface area (Å²) in [6.45, 7) is 3.08. The monoisotopic (exact) mass is 301 g/mol. The number of likely N-dealkylation sites (tertiary alicyclic amines) is 1. The smallest absolute Gasteiger partial charge is 0.241 e. The number of nitrogens with one attached hydrogen (secondary N) is 1. The molecule has 1 saturated heterocycles. The van der Waals surface area contributed by atoms with E-state index in [2.05, 4.69) is 9.62 Å². The Labute approximate surface area is 119 Å². The molecule has 0 radical (unpaired) electrons. The molecule has 1 heterocycles. The zero-order valence-corrected chi connectivity index (χ0v) is 12.5. The Morgan fingerprint density at radius 1 is 1.50 bits per heavy atom. The van der Waals surface area contributed by atoms with Gasteiger partial charge in [-0.2, -0.15) is 0 Å². The number of sulfonamides is 1. The number of nitrogens with two attached hydrogens (primary N) is 1. The summed E-state index contributed by atoms with van der Waals surface area (Å²) >= 11 is 0. The Bertz CT molecular complexity index is 604. The molecule has 0 aliphatic carbocycles. The molecule has 0 saturated carbocycles. The Hall–Kier alpha value is -1.02. The van der Waals surface area contributed by atoms with Crippen molar-refractivity contribution in [2.24, 2.45) is 5.73 Å². The molecule has 0 spiro atoms. The van der Waals surface area contributed by atoms with Crippen molar-refractivity contribution in [3.8, 4) is 0 Å². The summed E-state index contributed by atoms with van der Waals surface area (Å²) < 4.78 is 41.2. The Morgan fingerprint density at radius 2 is 2.20 bits per heavy atom. The fourth-order valence-corrected chi connectivity index (χ4v) is 3.98. The van der Waals surface area contributed by atoms with Crippen LogP contribution in [0.4, 0.5) is 4.39 Å². The molecule has 1 aromatic rings. The summed E-state index contributed by atoms with van der Waals surface area (Å²) in [4.78, 5) is 2.03. The van der Waals surface area contributed by atoms with Crippen molar-refractivity contribution in [3.05, 3.63) is 29.1 Å². The summed E-state index contributed by atoms with van der Waals surface area (Å²) in [7, 11) is -1.79. The van der Waals surface area contributed by atoms with Gasteiger partial charge in [-0.1, -0.05) is 0 Å². The van der Waals surface area contributed by atoms with Gasteiger partial charge >= 0.3 is 0 Å². The molecule has 7 heteroatoms. The van der Waals surface area contributed by atoms with Crippen molar-refractivity contribution in [2.75, 3.05) is 20.1 Å². The van der Waals surface area contributed by atoms with E-state index in [0.717, 1.165) is 13.0 Å². The second-order valence-corrected chi connectivity index (χ2v) is 6.96. The van der Waals surface area contributed by atoms with Gasteiger partial charge in [0.1, 0.15) is 5.82 Å². The second kappa shape index (κ2) is 5.77. The second-order valence-electron chi connectivity index (χ2n) is 5.27. The van der Waals surface area contributed by atoms with Crippen molar-refractivity contribution < 1.29 is 12.8 Å². The molecular formula is C13H20FN3O2S. The Kier molecular flexibility index (Phi) is 4.43. The van der Waals surface area contributed by atoms with Gasteiger partial charge in [-0.05, 0) is 44.6 Å². The first-order valence-electron chi connectivity index (χ1n) is 6.53. The zero-order valence-electron chi connectivity index (χ0n) is 11.7. The van der Waals surface area contributed by atoms with Gasteiger partial charge in [0.2, 0.25) is 10.0 Å². The van der Waals surface area contributed by atoms with Gasteiger partial charge in [0, 0.05) is 24.7 Å². The van der Waals surface area contributed by atoms with E-state index in [9.17, 15) is 12.8 Å². The predicted molar refractivity (Wildman–Crippen MR) is 75.3 cm³/mol. The van der Waals surface area contributed by atoms with Crippen molar-refractivity contribution in [3.63, 3.8) is 0 Å². The lowest BCUT2D eigenvalue weighted by molar-refractivity contribution is 0.407. The first-order chi connectivity index (χ1) is 9.33. The number of halogens is 1. The standard InChI is InChI=1S/C13H20FN3O2S/c1-9-12(14)5-10(7-15)6-13(9)20(18,19)16-11-3-4-17(2)8-11/h5-6,11,16H,3-4,7-8,15H2,1-2H3. The molecule has 2 rings (SSSR count). The van der Waals surface area contributed by atoms with Crippen LogP contribution < -0.4 is 10.5 Å². The molecular weight excluding hydrogens is 281 g/mol. The lowest BCUT2D eigenvalue weighted by Crippen LogP contribution is -2.37. The van der Waals surface area contributed by atoms with Crippen LogP contribution in [0.5, 0.6) is 0 Å². The van der Waals surface area contributed by atoms with E-state index in [1.165, 1.54) is 19.1 Å². The number of likely N-dealkylation sites (N-methyl/N-ethyl adjacent to an activating group) is 1. The van der Waals surface area contributed by atoms with E-state index in [1.807, 2.05) is 7.05 Å². The van der Waals surface area contributed by atoms with Gasteiger partial charge in [0.15, 0.2) is 0 Å². The predicted octanol–water partition coefficient (Wildman–Crippen LogP) is 0.575. The van der Waals surface area contributed by atoms with E-state index in [-0.39, 0.29) is 23.0 Å². The van der Waals surface area contributed by atoms with Gasteiger partial charge in [-0.25, -0.2) is 17.5 Å². The molecule has 20 heavy (non-hydrogen) atoms. The average Bonchev–Trinajstić information content (AvgIpc) is 2.76. The third-order valence-electron chi connectivity index (χ3n) is 3.59. The van der Waals surface area contributed by atoms with Gasteiger partial charge < -0.3 is 10.6 Å². The van der Waals surface area contributed by atoms with E-state index in [4.69, 9.17) is 5.73 Å². The molecule has 1 aliphatic rings. The van der Waals surface area contributed by atoms with Gasteiger partial charge in [0.05, 0.1) is 4.90 Å². The summed E-state index contributed by atoms with van der Waals surface area (Å²) in [6.07, 6.45) is 0.758. The lowest BCUT2D eigenvalue weighted by Gasteiger charge is -2.16. The topological polar surface area (TPSA) is 75.4 Å². The molecule has 112 valence electrons. The van der Waals surface area contributed by atoms with E-state index >= 15 is 0 Å². The molecule has 1 unspecified atom stereocenters. The molecule has 1 atom stereocenters. The number of rotatable bonds is 4. The summed E-state index contributed by atoms with van der Waals surface area (Å²) in [6, 6.07) is 2.59. The molecule has 5 nitrogen and oxygen atoms in total. The molecule has 1 fully saturated rings. The fourth-order valence-electron chi connectivity index (χ4n) is 2.42. The molecule has 1 aromatic carbocycles. The molecule has 3 N–H and O–H groups in total. The minimum atomic E-state index is -3.73. The third kappa shape index (κ3) is 3.17. The first kappa shape index (κ1) is 15.4. The minimum absolute atomic E-state index is 0.0208. The minimum Gasteiger partial charge on any atom is -0.326 e. The van der Waals surface area contributed by atoms with Crippen LogP contribution in [0.2, 0.25) is 0 Å². The Balaban J connectivity index is 2.31. The van der Waals surface area contributed by atoms with Crippen LogP contribution in [0.15, 0.2) is 17.0 Å². The van der Waals surface area contributed by atoms with Crippen LogP contribution in [0.3, 0.4) is 0 Å². The maximum absolute atomic E-state index is 13.8.